The molecule has 0 aliphatic carbocycles. The van der Waals surface area contributed by atoms with E-state index >= 15 is 0 Å². The number of imidazole rings is 1. The molecule has 24 heavy (non-hydrogen) atoms. The molecule has 0 radical (unpaired) electrons. The standard InChI is InChI=1S/C15H19N5O.3ClH/c1-19-5-3-13-11(7-16-8-12(13)10-19)9-18-15(21)14-17-4-6-20(14)2;;;/h4,6-8H,3,5,9-10H2,1-2H3,(H,18,21);3*1H. The Kier molecular flexibility index (Phi) is 9.29. The van der Waals surface area contributed by atoms with Crippen LogP contribution in [0.4, 0.5) is 0 Å². The lowest BCUT2D eigenvalue weighted by atomic mass is 9.97. The third-order valence-corrected chi connectivity index (χ3v) is 3.88. The van der Waals surface area contributed by atoms with Gasteiger partial charge < -0.3 is 14.8 Å². The van der Waals surface area contributed by atoms with Gasteiger partial charge in [0, 0.05) is 51.5 Å². The quantitative estimate of drug-likeness (QED) is 0.865. The summed E-state index contributed by atoms with van der Waals surface area (Å²) in [6.07, 6.45) is 8.16. The van der Waals surface area contributed by atoms with E-state index in [0.29, 0.717) is 12.4 Å². The maximum absolute atomic E-state index is 12.1. The molecule has 0 saturated heterocycles. The smallest absolute Gasteiger partial charge is 0.287 e. The highest BCUT2D eigenvalue weighted by Gasteiger charge is 2.17. The van der Waals surface area contributed by atoms with E-state index in [4.69, 9.17) is 0 Å². The summed E-state index contributed by atoms with van der Waals surface area (Å²) >= 11 is 0. The maximum Gasteiger partial charge on any atom is 0.287 e. The number of fused-ring (bicyclic) bond motifs is 1. The third-order valence-electron chi connectivity index (χ3n) is 3.88. The zero-order valence-corrected chi connectivity index (χ0v) is 16.0. The van der Waals surface area contributed by atoms with E-state index in [1.54, 1.807) is 17.0 Å². The number of pyridine rings is 1. The molecule has 134 valence electrons. The number of likely N-dealkylation sites (N-methyl/N-ethyl adjacent to an activating group) is 1. The lowest BCUT2D eigenvalue weighted by Gasteiger charge is -2.26. The Morgan fingerprint density at radius 1 is 1.25 bits per heavy atom. The van der Waals surface area contributed by atoms with Crippen molar-refractivity contribution in [1.29, 1.82) is 0 Å². The van der Waals surface area contributed by atoms with Crippen LogP contribution in [0.1, 0.15) is 27.3 Å². The summed E-state index contributed by atoms with van der Waals surface area (Å²) in [6.45, 7) is 2.45. The predicted molar refractivity (Wildman–Crippen MR) is 100 cm³/mol. The molecule has 3 rings (SSSR count). The highest BCUT2D eigenvalue weighted by molar-refractivity contribution is 5.90. The number of nitrogens with one attached hydrogen (secondary N) is 1. The average molecular weight is 395 g/mol. The summed E-state index contributed by atoms with van der Waals surface area (Å²) in [6, 6.07) is 0. The number of hydrogen-bond acceptors (Lipinski definition) is 4. The summed E-state index contributed by atoms with van der Waals surface area (Å²) in [4.78, 5) is 22.7. The Balaban J connectivity index is 0.00000176. The highest BCUT2D eigenvalue weighted by Crippen LogP contribution is 2.20. The molecule has 0 spiro atoms. The molecular weight excluding hydrogens is 373 g/mol. The second kappa shape index (κ2) is 9.84. The summed E-state index contributed by atoms with van der Waals surface area (Å²) in [5, 5.41) is 2.93. The molecule has 1 amide bonds. The van der Waals surface area contributed by atoms with E-state index < -0.39 is 0 Å². The fourth-order valence-corrected chi connectivity index (χ4v) is 2.70. The van der Waals surface area contributed by atoms with Gasteiger partial charge in [0.2, 0.25) is 0 Å². The van der Waals surface area contributed by atoms with Gasteiger partial charge in [0.25, 0.3) is 5.91 Å². The van der Waals surface area contributed by atoms with Crippen molar-refractivity contribution in [2.45, 2.75) is 19.5 Å². The van der Waals surface area contributed by atoms with Gasteiger partial charge in [-0.2, -0.15) is 0 Å². The van der Waals surface area contributed by atoms with Gasteiger partial charge in [-0.3, -0.25) is 9.78 Å². The molecular formula is C15H22Cl3N5O. The van der Waals surface area contributed by atoms with Gasteiger partial charge in [-0.25, -0.2) is 4.98 Å². The summed E-state index contributed by atoms with van der Waals surface area (Å²) in [5.41, 5.74) is 3.68. The first kappa shape index (κ1) is 22.7. The van der Waals surface area contributed by atoms with E-state index in [2.05, 4.69) is 27.2 Å². The molecule has 1 aliphatic heterocycles. The van der Waals surface area contributed by atoms with E-state index in [1.807, 2.05) is 19.4 Å². The van der Waals surface area contributed by atoms with Crippen LogP contribution < -0.4 is 5.32 Å². The molecule has 0 bridgehead atoms. The fourth-order valence-electron chi connectivity index (χ4n) is 2.70. The molecule has 6 nitrogen and oxygen atoms in total. The van der Waals surface area contributed by atoms with Crippen LogP contribution in [0.5, 0.6) is 0 Å². The van der Waals surface area contributed by atoms with Crippen LogP contribution in [-0.4, -0.2) is 38.9 Å². The molecule has 0 unspecified atom stereocenters. The van der Waals surface area contributed by atoms with Gasteiger partial charge in [0.05, 0.1) is 0 Å². The van der Waals surface area contributed by atoms with Gasteiger partial charge in [-0.05, 0) is 30.2 Å². The van der Waals surface area contributed by atoms with Gasteiger partial charge >= 0.3 is 0 Å². The maximum atomic E-state index is 12.1. The predicted octanol–water partition coefficient (Wildman–Crippen LogP) is 2.00. The summed E-state index contributed by atoms with van der Waals surface area (Å²) in [5.74, 6) is 0.264. The van der Waals surface area contributed by atoms with Crippen molar-refractivity contribution in [1.82, 2.24) is 24.8 Å². The number of aryl methyl sites for hydroxylation is 1. The number of rotatable bonds is 3. The average Bonchev–Trinajstić information content (AvgIpc) is 2.90. The van der Waals surface area contributed by atoms with Crippen LogP contribution in [0.2, 0.25) is 0 Å². The van der Waals surface area contributed by atoms with E-state index in [9.17, 15) is 4.79 Å². The Morgan fingerprint density at radius 2 is 2.00 bits per heavy atom. The molecule has 3 heterocycles. The largest absolute Gasteiger partial charge is 0.345 e. The first-order valence-corrected chi connectivity index (χ1v) is 7.04. The normalized spacial score (nSPS) is 12.9. The Hall–Kier alpha value is -1.34. The Labute approximate surface area is 160 Å². The molecule has 0 saturated carbocycles. The molecule has 0 fully saturated rings. The minimum absolute atomic E-state index is 0. The van der Waals surface area contributed by atoms with Crippen LogP contribution in [0.25, 0.3) is 0 Å². The topological polar surface area (TPSA) is 63.1 Å². The Bertz CT molecular complexity index is 677. The molecule has 9 heteroatoms. The number of halogens is 3. The van der Waals surface area contributed by atoms with E-state index in [0.717, 1.165) is 25.1 Å². The summed E-state index contributed by atoms with van der Waals surface area (Å²) < 4.78 is 1.71. The van der Waals surface area contributed by atoms with E-state index in [-0.39, 0.29) is 43.1 Å². The molecule has 0 atom stereocenters. The van der Waals surface area contributed by atoms with Crippen LogP contribution in [0.15, 0.2) is 24.8 Å². The molecule has 2 aromatic heterocycles. The molecule has 2 aromatic rings. The van der Waals surface area contributed by atoms with Gasteiger partial charge in [0.15, 0.2) is 5.82 Å². The Morgan fingerprint density at radius 3 is 2.67 bits per heavy atom. The SMILES string of the molecule is CN1CCc2c(CNC(=O)c3nccn3C)cncc2C1.Cl.Cl.Cl. The number of hydrogen-bond donors (Lipinski definition) is 1. The lowest BCUT2D eigenvalue weighted by molar-refractivity contribution is 0.0937. The van der Waals surface area contributed by atoms with E-state index in [1.165, 1.54) is 11.1 Å². The summed E-state index contributed by atoms with van der Waals surface area (Å²) in [7, 11) is 3.92. The fraction of sp³-hybridized carbons (Fsp3) is 0.400. The number of carbonyl (C=O) groups excluding carboxylic acids is 1. The first-order valence-electron chi connectivity index (χ1n) is 7.04. The lowest BCUT2D eigenvalue weighted by Crippen LogP contribution is -2.30. The van der Waals surface area contributed by atoms with Crippen LogP contribution in [0.3, 0.4) is 0 Å². The molecule has 1 aliphatic rings. The zero-order valence-electron chi connectivity index (χ0n) is 13.6. The van der Waals surface area contributed by atoms with Gasteiger partial charge in [-0.1, -0.05) is 0 Å². The van der Waals surface area contributed by atoms with Crippen LogP contribution in [0, 0.1) is 0 Å². The molecule has 1 N–H and O–H groups in total. The highest BCUT2D eigenvalue weighted by atomic mass is 35.5. The first-order chi connectivity index (χ1) is 10.1. The van der Waals surface area contributed by atoms with Crippen molar-refractivity contribution >= 4 is 43.1 Å². The minimum atomic E-state index is -0.159. The number of carbonyl (C=O) groups is 1. The molecule has 0 aromatic carbocycles. The van der Waals surface area contributed by atoms with Crippen molar-refractivity contribution in [2.75, 3.05) is 13.6 Å². The van der Waals surface area contributed by atoms with Crippen LogP contribution in [-0.2, 0) is 26.6 Å². The van der Waals surface area contributed by atoms with Crippen molar-refractivity contribution in [3.8, 4) is 0 Å². The minimum Gasteiger partial charge on any atom is -0.345 e. The second-order valence-corrected chi connectivity index (χ2v) is 5.47. The van der Waals surface area contributed by atoms with Gasteiger partial charge in [0.1, 0.15) is 0 Å². The zero-order chi connectivity index (χ0) is 14.8. The number of nitrogens with zero attached hydrogens (tertiary/aromatic N) is 4. The second-order valence-electron chi connectivity index (χ2n) is 5.47. The van der Waals surface area contributed by atoms with Gasteiger partial charge in [-0.15, -0.1) is 37.2 Å². The van der Waals surface area contributed by atoms with Crippen molar-refractivity contribution < 1.29 is 4.79 Å². The van der Waals surface area contributed by atoms with Crippen molar-refractivity contribution in [3.63, 3.8) is 0 Å². The van der Waals surface area contributed by atoms with Crippen molar-refractivity contribution in [2.24, 2.45) is 7.05 Å². The number of amides is 1. The third kappa shape index (κ3) is 4.83. The van der Waals surface area contributed by atoms with Crippen molar-refractivity contribution in [3.05, 3.63) is 47.3 Å². The monoisotopic (exact) mass is 393 g/mol. The number of aromatic nitrogens is 3. The van der Waals surface area contributed by atoms with Crippen LogP contribution >= 0.6 is 37.2 Å².